The molecular weight excluding hydrogens is 219 g/mol. The van der Waals surface area contributed by atoms with Crippen LogP contribution in [0.15, 0.2) is 6.07 Å². The predicted molar refractivity (Wildman–Crippen MR) is 53.0 cm³/mol. The molecule has 3 nitrogen and oxygen atoms in total. The zero-order chi connectivity index (χ0) is 11.9. The zero-order valence-corrected chi connectivity index (χ0v) is 8.81. The number of hydrogen-bond donors (Lipinski definition) is 1. The van der Waals surface area contributed by atoms with Crippen molar-refractivity contribution in [1.29, 1.82) is 0 Å². The summed E-state index contributed by atoms with van der Waals surface area (Å²) >= 11 is 0. The van der Waals surface area contributed by atoms with Crippen molar-refractivity contribution in [3.8, 4) is 0 Å². The Morgan fingerprint density at radius 1 is 1.38 bits per heavy atom. The van der Waals surface area contributed by atoms with Gasteiger partial charge >= 0.3 is 6.18 Å². The fourth-order valence-corrected chi connectivity index (χ4v) is 1.62. The van der Waals surface area contributed by atoms with Gasteiger partial charge in [-0.25, -0.2) is 4.98 Å². The first-order chi connectivity index (χ1) is 7.43. The summed E-state index contributed by atoms with van der Waals surface area (Å²) in [4.78, 5) is 3.94. The number of nitrogens with zero attached hydrogens (tertiary/aromatic N) is 2. The monoisotopic (exact) mass is 229 g/mol. The lowest BCUT2D eigenvalue weighted by Gasteiger charge is -2.10. The highest BCUT2D eigenvalue weighted by molar-refractivity contribution is 5.78. The van der Waals surface area contributed by atoms with Gasteiger partial charge in [0.25, 0.3) is 0 Å². The summed E-state index contributed by atoms with van der Waals surface area (Å²) in [5.74, 6) is 0. The molecule has 0 aliphatic carbocycles. The van der Waals surface area contributed by atoms with E-state index >= 15 is 0 Å². The smallest absolute Gasteiger partial charge is 0.261 e. The second-order valence-corrected chi connectivity index (χ2v) is 3.54. The van der Waals surface area contributed by atoms with E-state index in [1.54, 1.807) is 13.8 Å². The average Bonchev–Trinajstić information content (AvgIpc) is 2.57. The third-order valence-corrected chi connectivity index (χ3v) is 2.46. The molecule has 0 aromatic carbocycles. The molecule has 0 amide bonds. The molecule has 0 aliphatic heterocycles. The van der Waals surface area contributed by atoms with Crippen LogP contribution in [0.1, 0.15) is 23.9 Å². The fraction of sp³-hybridized carbons (Fsp3) is 0.400. The van der Waals surface area contributed by atoms with Crippen LogP contribution in [0.2, 0.25) is 0 Å². The molecule has 2 aromatic rings. The van der Waals surface area contributed by atoms with Crippen molar-refractivity contribution in [3.63, 3.8) is 0 Å². The minimum atomic E-state index is -4.36. The Balaban J connectivity index is 2.75. The number of H-pyrrole nitrogens is 1. The van der Waals surface area contributed by atoms with Crippen LogP contribution in [-0.2, 0) is 12.6 Å². The molecule has 6 heteroatoms. The third kappa shape index (κ3) is 1.64. The Bertz CT molecular complexity index is 528. The summed E-state index contributed by atoms with van der Waals surface area (Å²) in [7, 11) is 0. The molecule has 0 atom stereocenters. The SMILES string of the molecule is CCc1nc2[nH]nc(C)c2cc1C(F)(F)F. The number of hydrogen-bond acceptors (Lipinski definition) is 2. The number of aromatic nitrogens is 3. The Kier molecular flexibility index (Phi) is 2.36. The molecule has 2 heterocycles. The van der Waals surface area contributed by atoms with Gasteiger partial charge in [-0.1, -0.05) is 6.92 Å². The highest BCUT2D eigenvalue weighted by Crippen LogP contribution is 2.33. The molecular formula is C10H10F3N3. The molecule has 2 aromatic heterocycles. The van der Waals surface area contributed by atoms with E-state index in [1.807, 2.05) is 0 Å². The molecule has 16 heavy (non-hydrogen) atoms. The fourth-order valence-electron chi connectivity index (χ4n) is 1.62. The lowest BCUT2D eigenvalue weighted by molar-refractivity contribution is -0.138. The van der Waals surface area contributed by atoms with Gasteiger partial charge in [-0.3, -0.25) is 5.10 Å². The lowest BCUT2D eigenvalue weighted by atomic mass is 10.1. The molecule has 0 aliphatic rings. The van der Waals surface area contributed by atoms with Gasteiger partial charge in [-0.2, -0.15) is 18.3 Å². The molecule has 0 radical (unpaired) electrons. The van der Waals surface area contributed by atoms with E-state index in [4.69, 9.17) is 0 Å². The van der Waals surface area contributed by atoms with Crippen LogP contribution >= 0.6 is 0 Å². The normalized spacial score (nSPS) is 12.3. The van der Waals surface area contributed by atoms with Gasteiger partial charge in [0.05, 0.1) is 17.0 Å². The first kappa shape index (κ1) is 10.9. The van der Waals surface area contributed by atoms with E-state index in [9.17, 15) is 13.2 Å². The van der Waals surface area contributed by atoms with E-state index in [-0.39, 0.29) is 12.1 Å². The van der Waals surface area contributed by atoms with Crippen LogP contribution in [0.4, 0.5) is 13.2 Å². The van der Waals surface area contributed by atoms with Crippen LogP contribution < -0.4 is 0 Å². The van der Waals surface area contributed by atoms with Crippen LogP contribution in [0.3, 0.4) is 0 Å². The van der Waals surface area contributed by atoms with Gasteiger partial charge in [0.2, 0.25) is 0 Å². The summed E-state index contributed by atoms with van der Waals surface area (Å²) in [6.07, 6.45) is -4.13. The predicted octanol–water partition coefficient (Wildman–Crippen LogP) is 2.85. The summed E-state index contributed by atoms with van der Waals surface area (Å²) in [5, 5.41) is 6.87. The van der Waals surface area contributed by atoms with Crippen molar-refractivity contribution in [2.24, 2.45) is 0 Å². The molecule has 0 unspecified atom stereocenters. The highest BCUT2D eigenvalue weighted by atomic mass is 19.4. The molecule has 0 saturated heterocycles. The van der Waals surface area contributed by atoms with Gasteiger partial charge in [0, 0.05) is 5.39 Å². The molecule has 1 N–H and O–H groups in total. The average molecular weight is 229 g/mol. The standard InChI is InChI=1S/C10H10F3N3/c1-3-8-7(10(11,12)13)4-6-5(2)15-16-9(6)14-8/h4H,3H2,1-2H3,(H,14,15,16). The van der Waals surface area contributed by atoms with E-state index in [0.29, 0.717) is 16.7 Å². The summed E-state index contributed by atoms with van der Waals surface area (Å²) in [6, 6.07) is 1.11. The van der Waals surface area contributed by atoms with E-state index in [0.717, 1.165) is 6.07 Å². The van der Waals surface area contributed by atoms with Crippen LogP contribution in [0.5, 0.6) is 0 Å². The Morgan fingerprint density at radius 3 is 2.62 bits per heavy atom. The molecule has 0 bridgehead atoms. The second kappa shape index (κ2) is 3.47. The number of fused-ring (bicyclic) bond motifs is 1. The minimum Gasteiger partial charge on any atom is -0.261 e. The van der Waals surface area contributed by atoms with Crippen molar-refractivity contribution in [3.05, 3.63) is 23.0 Å². The van der Waals surface area contributed by atoms with Crippen LogP contribution in [0.25, 0.3) is 11.0 Å². The third-order valence-electron chi connectivity index (χ3n) is 2.46. The van der Waals surface area contributed by atoms with Gasteiger partial charge in [-0.15, -0.1) is 0 Å². The topological polar surface area (TPSA) is 41.6 Å². The summed E-state index contributed by atoms with van der Waals surface area (Å²) < 4.78 is 38.2. The number of aryl methyl sites for hydroxylation is 2. The number of rotatable bonds is 1. The lowest BCUT2D eigenvalue weighted by Crippen LogP contribution is -2.10. The highest BCUT2D eigenvalue weighted by Gasteiger charge is 2.34. The largest absolute Gasteiger partial charge is 0.418 e. The maximum atomic E-state index is 12.7. The maximum absolute atomic E-state index is 12.7. The minimum absolute atomic E-state index is 0.0450. The first-order valence-electron chi connectivity index (χ1n) is 4.85. The van der Waals surface area contributed by atoms with Crippen molar-refractivity contribution in [2.45, 2.75) is 26.4 Å². The Labute approximate surface area is 89.7 Å². The van der Waals surface area contributed by atoms with Crippen LogP contribution in [-0.4, -0.2) is 15.2 Å². The molecule has 0 saturated carbocycles. The number of aromatic amines is 1. The molecule has 0 fully saturated rings. The number of halogens is 3. The summed E-state index contributed by atoms with van der Waals surface area (Å²) in [5.41, 5.74) is 0.300. The van der Waals surface area contributed by atoms with Crippen molar-refractivity contribution in [1.82, 2.24) is 15.2 Å². The summed E-state index contributed by atoms with van der Waals surface area (Å²) in [6.45, 7) is 3.29. The number of nitrogens with one attached hydrogen (secondary N) is 1. The molecule has 0 spiro atoms. The van der Waals surface area contributed by atoms with Crippen LogP contribution in [0, 0.1) is 6.92 Å². The quantitative estimate of drug-likeness (QED) is 0.816. The Morgan fingerprint density at radius 2 is 2.06 bits per heavy atom. The molecule has 86 valence electrons. The van der Waals surface area contributed by atoms with Gasteiger partial charge in [-0.05, 0) is 19.4 Å². The number of pyridine rings is 1. The zero-order valence-electron chi connectivity index (χ0n) is 8.81. The second-order valence-electron chi connectivity index (χ2n) is 3.54. The maximum Gasteiger partial charge on any atom is 0.418 e. The van der Waals surface area contributed by atoms with E-state index in [1.165, 1.54) is 0 Å². The van der Waals surface area contributed by atoms with Gasteiger partial charge in [0.1, 0.15) is 0 Å². The Hall–Kier alpha value is -1.59. The van der Waals surface area contributed by atoms with Crippen molar-refractivity contribution in [2.75, 3.05) is 0 Å². The number of alkyl halides is 3. The van der Waals surface area contributed by atoms with E-state index < -0.39 is 11.7 Å². The van der Waals surface area contributed by atoms with Gasteiger partial charge < -0.3 is 0 Å². The molecule has 2 rings (SSSR count). The van der Waals surface area contributed by atoms with E-state index in [2.05, 4.69) is 15.2 Å². The van der Waals surface area contributed by atoms with Crippen molar-refractivity contribution < 1.29 is 13.2 Å². The van der Waals surface area contributed by atoms with Crippen molar-refractivity contribution >= 4 is 11.0 Å². The first-order valence-corrected chi connectivity index (χ1v) is 4.85. The van der Waals surface area contributed by atoms with Gasteiger partial charge in [0.15, 0.2) is 5.65 Å².